The summed E-state index contributed by atoms with van der Waals surface area (Å²) < 4.78 is 37.3. The predicted octanol–water partition coefficient (Wildman–Crippen LogP) is 5.48. The van der Waals surface area contributed by atoms with Crippen LogP contribution in [-0.2, 0) is 6.18 Å². The van der Waals surface area contributed by atoms with Crippen LogP contribution < -0.4 is 0 Å². The number of benzene rings is 2. The summed E-state index contributed by atoms with van der Waals surface area (Å²) in [6, 6.07) is 10.4. The van der Waals surface area contributed by atoms with E-state index in [4.69, 9.17) is 23.2 Å². The van der Waals surface area contributed by atoms with Crippen LogP contribution in [0.2, 0.25) is 10.0 Å². The molecule has 18 heavy (non-hydrogen) atoms. The minimum absolute atomic E-state index is 0.349. The van der Waals surface area contributed by atoms with Crippen LogP contribution in [0.25, 0.3) is 11.1 Å². The molecule has 0 fully saturated rings. The second kappa shape index (κ2) is 4.82. The van der Waals surface area contributed by atoms with Gasteiger partial charge in [0.05, 0.1) is 15.6 Å². The first kappa shape index (κ1) is 13.2. The molecule has 2 rings (SSSR count). The molecule has 0 aromatic heterocycles. The Bertz CT molecular complexity index is 539. The highest BCUT2D eigenvalue weighted by Crippen LogP contribution is 2.36. The Labute approximate surface area is 112 Å². The van der Waals surface area contributed by atoms with Crippen molar-refractivity contribution in [2.45, 2.75) is 6.18 Å². The lowest BCUT2D eigenvalue weighted by Crippen LogP contribution is -2.04. The second-order valence-electron chi connectivity index (χ2n) is 3.60. The van der Waals surface area contributed by atoms with E-state index in [-0.39, 0.29) is 0 Å². The van der Waals surface area contributed by atoms with Crippen LogP contribution in [0.3, 0.4) is 0 Å². The molecule has 0 spiro atoms. The van der Waals surface area contributed by atoms with Gasteiger partial charge in [0.2, 0.25) is 0 Å². The molecule has 0 unspecified atom stereocenters. The van der Waals surface area contributed by atoms with Crippen molar-refractivity contribution < 1.29 is 13.2 Å². The Morgan fingerprint density at radius 1 is 0.889 bits per heavy atom. The van der Waals surface area contributed by atoms with Gasteiger partial charge in [0.1, 0.15) is 0 Å². The van der Waals surface area contributed by atoms with Gasteiger partial charge in [0, 0.05) is 5.56 Å². The van der Waals surface area contributed by atoms with Crippen molar-refractivity contribution in [3.05, 3.63) is 58.1 Å². The minimum atomic E-state index is -4.35. The largest absolute Gasteiger partial charge is 0.416 e. The molecule has 2 aromatic rings. The van der Waals surface area contributed by atoms with Gasteiger partial charge in [-0.3, -0.25) is 0 Å². The highest BCUT2D eigenvalue weighted by atomic mass is 35.5. The third kappa shape index (κ3) is 2.62. The number of hydrogen-bond donors (Lipinski definition) is 0. The number of alkyl halides is 3. The fourth-order valence-corrected chi connectivity index (χ4v) is 2.14. The van der Waals surface area contributed by atoms with E-state index in [9.17, 15) is 13.2 Å². The maximum absolute atomic E-state index is 12.4. The molecule has 0 aliphatic heterocycles. The summed E-state index contributed by atoms with van der Waals surface area (Å²) in [6.45, 7) is 0. The van der Waals surface area contributed by atoms with Gasteiger partial charge in [-0.15, -0.1) is 0 Å². The lowest BCUT2D eigenvalue weighted by molar-refractivity contribution is -0.137. The van der Waals surface area contributed by atoms with E-state index >= 15 is 0 Å². The zero-order valence-corrected chi connectivity index (χ0v) is 10.4. The van der Waals surface area contributed by atoms with Crippen molar-refractivity contribution in [1.29, 1.82) is 0 Å². The van der Waals surface area contributed by atoms with E-state index in [1.54, 1.807) is 0 Å². The summed E-state index contributed by atoms with van der Waals surface area (Å²) in [7, 11) is 0. The van der Waals surface area contributed by atoms with Crippen molar-refractivity contribution in [3.63, 3.8) is 0 Å². The SMILES string of the molecule is FC(F)(F)c1ccc(-c2c(Cl)c[c]cc2Cl)cc1. The van der Waals surface area contributed by atoms with Crippen molar-refractivity contribution in [2.24, 2.45) is 0 Å². The molecular weight excluding hydrogens is 284 g/mol. The van der Waals surface area contributed by atoms with Gasteiger partial charge in [-0.05, 0) is 35.9 Å². The minimum Gasteiger partial charge on any atom is -0.166 e. The van der Waals surface area contributed by atoms with Crippen LogP contribution in [0.15, 0.2) is 36.4 Å². The van der Waals surface area contributed by atoms with Crippen LogP contribution in [0.1, 0.15) is 5.56 Å². The Kier molecular flexibility index (Phi) is 3.55. The Balaban J connectivity index is 2.47. The van der Waals surface area contributed by atoms with Crippen LogP contribution in [-0.4, -0.2) is 0 Å². The topological polar surface area (TPSA) is 0 Å². The van der Waals surface area contributed by atoms with Gasteiger partial charge in [0.15, 0.2) is 0 Å². The lowest BCUT2D eigenvalue weighted by Gasteiger charge is -2.09. The van der Waals surface area contributed by atoms with E-state index in [1.165, 1.54) is 24.3 Å². The first-order valence-corrected chi connectivity index (χ1v) is 5.68. The molecule has 1 radical (unpaired) electrons. The summed E-state index contributed by atoms with van der Waals surface area (Å²) in [5, 5.41) is 0.699. The maximum Gasteiger partial charge on any atom is 0.416 e. The highest BCUT2D eigenvalue weighted by Gasteiger charge is 2.30. The monoisotopic (exact) mass is 289 g/mol. The van der Waals surface area contributed by atoms with Crippen LogP contribution >= 0.6 is 23.2 Å². The molecule has 0 saturated heterocycles. The average Bonchev–Trinajstić information content (AvgIpc) is 2.28. The summed E-state index contributed by atoms with van der Waals surface area (Å²) in [5.74, 6) is 0. The fraction of sp³-hybridized carbons (Fsp3) is 0.0769. The van der Waals surface area contributed by atoms with Crippen LogP contribution in [0, 0.1) is 6.07 Å². The molecule has 0 bridgehead atoms. The van der Waals surface area contributed by atoms with Gasteiger partial charge in [0.25, 0.3) is 0 Å². The van der Waals surface area contributed by atoms with Gasteiger partial charge < -0.3 is 0 Å². The van der Waals surface area contributed by atoms with E-state index in [1.807, 2.05) is 0 Å². The summed E-state index contributed by atoms with van der Waals surface area (Å²) in [5.41, 5.74) is 0.332. The molecule has 0 amide bonds. The fourth-order valence-electron chi connectivity index (χ4n) is 1.55. The van der Waals surface area contributed by atoms with Gasteiger partial charge in [-0.1, -0.05) is 35.3 Å². The molecule has 2 aromatic carbocycles. The molecule has 0 atom stereocenters. The quantitative estimate of drug-likeness (QED) is 0.652. The normalized spacial score (nSPS) is 11.6. The average molecular weight is 290 g/mol. The molecule has 0 saturated carbocycles. The molecule has 0 aliphatic rings. The number of rotatable bonds is 1. The van der Waals surface area contributed by atoms with Crippen molar-refractivity contribution >= 4 is 23.2 Å². The Hall–Kier alpha value is -1.19. The van der Waals surface area contributed by atoms with Crippen molar-refractivity contribution in [3.8, 4) is 11.1 Å². The number of hydrogen-bond acceptors (Lipinski definition) is 0. The van der Waals surface area contributed by atoms with E-state index in [0.717, 1.165) is 12.1 Å². The van der Waals surface area contributed by atoms with E-state index < -0.39 is 11.7 Å². The molecule has 0 heterocycles. The smallest absolute Gasteiger partial charge is 0.166 e. The van der Waals surface area contributed by atoms with Crippen LogP contribution in [0.5, 0.6) is 0 Å². The summed E-state index contributed by atoms with van der Waals surface area (Å²) in [6.07, 6.45) is -4.35. The highest BCUT2D eigenvalue weighted by molar-refractivity contribution is 6.39. The Morgan fingerprint density at radius 2 is 1.39 bits per heavy atom. The first-order valence-electron chi connectivity index (χ1n) is 4.92. The van der Waals surface area contributed by atoms with Gasteiger partial charge in [-0.2, -0.15) is 13.2 Å². The molecule has 0 nitrogen and oxygen atoms in total. The Morgan fingerprint density at radius 3 is 1.83 bits per heavy atom. The third-order valence-corrected chi connectivity index (χ3v) is 2.99. The molecule has 0 aliphatic carbocycles. The standard InChI is InChI=1S/C13H6Cl2F3/c14-10-2-1-3-11(15)12(10)8-4-6-9(7-5-8)13(16,17)18/h2-7H. The molecule has 5 heteroatoms. The van der Waals surface area contributed by atoms with E-state index in [2.05, 4.69) is 6.07 Å². The zero-order valence-electron chi connectivity index (χ0n) is 8.85. The zero-order chi connectivity index (χ0) is 13.3. The van der Waals surface area contributed by atoms with Crippen molar-refractivity contribution in [1.82, 2.24) is 0 Å². The van der Waals surface area contributed by atoms with Gasteiger partial charge >= 0.3 is 6.18 Å². The van der Waals surface area contributed by atoms with Crippen LogP contribution in [0.4, 0.5) is 13.2 Å². The number of halogens is 5. The summed E-state index contributed by atoms with van der Waals surface area (Å²) >= 11 is 11.9. The van der Waals surface area contributed by atoms with Crippen molar-refractivity contribution in [2.75, 3.05) is 0 Å². The predicted molar refractivity (Wildman–Crippen MR) is 65.7 cm³/mol. The second-order valence-corrected chi connectivity index (χ2v) is 4.42. The molecular formula is C13H6Cl2F3. The van der Waals surface area contributed by atoms with E-state index in [0.29, 0.717) is 21.2 Å². The molecule has 93 valence electrons. The maximum atomic E-state index is 12.4. The molecule has 0 N–H and O–H groups in total. The first-order chi connectivity index (χ1) is 8.39. The third-order valence-electron chi connectivity index (χ3n) is 2.40. The lowest BCUT2D eigenvalue weighted by atomic mass is 10.0. The summed E-state index contributed by atoms with van der Waals surface area (Å²) in [4.78, 5) is 0. The van der Waals surface area contributed by atoms with Gasteiger partial charge in [-0.25, -0.2) is 0 Å².